The first-order chi connectivity index (χ1) is 14.9. The highest BCUT2D eigenvalue weighted by molar-refractivity contribution is 6.22. The van der Waals surface area contributed by atoms with Gasteiger partial charge in [-0.3, -0.25) is 14.5 Å². The number of nitrogens with zero attached hydrogens (tertiary/aromatic N) is 1. The molecule has 31 heavy (non-hydrogen) atoms. The third-order valence-electron chi connectivity index (χ3n) is 7.78. The van der Waals surface area contributed by atoms with Crippen LogP contribution in [0.15, 0.2) is 54.6 Å². The molecule has 1 aliphatic heterocycles. The Morgan fingerprint density at radius 3 is 2.10 bits per heavy atom. The summed E-state index contributed by atoms with van der Waals surface area (Å²) >= 11 is 0. The second kappa shape index (κ2) is 6.56. The van der Waals surface area contributed by atoms with Gasteiger partial charge in [0, 0.05) is 0 Å². The van der Waals surface area contributed by atoms with Crippen LogP contribution in [0.5, 0.6) is 11.5 Å². The van der Waals surface area contributed by atoms with Crippen molar-refractivity contribution in [2.75, 3.05) is 4.90 Å². The summed E-state index contributed by atoms with van der Waals surface area (Å²) in [5, 5.41) is 0. The van der Waals surface area contributed by atoms with Gasteiger partial charge in [-0.2, -0.15) is 0 Å². The molecule has 4 nitrogen and oxygen atoms in total. The fraction of sp³-hybridized carbons (Fsp3) is 0.407. The van der Waals surface area contributed by atoms with E-state index in [4.69, 9.17) is 4.74 Å². The molecule has 7 rings (SSSR count). The van der Waals surface area contributed by atoms with Crippen LogP contribution in [-0.4, -0.2) is 11.8 Å². The smallest absolute Gasteiger partial charge is 0.238 e. The van der Waals surface area contributed by atoms with Gasteiger partial charge in [0.1, 0.15) is 11.5 Å². The minimum absolute atomic E-state index is 0.0193. The van der Waals surface area contributed by atoms with Crippen molar-refractivity contribution in [3.63, 3.8) is 0 Å². The lowest BCUT2D eigenvalue weighted by atomic mass is 9.63. The molecule has 4 aliphatic carbocycles. The van der Waals surface area contributed by atoms with Gasteiger partial charge in [0.2, 0.25) is 11.8 Å². The first-order valence-electron chi connectivity index (χ1n) is 11.4. The Hall–Kier alpha value is -2.88. The van der Waals surface area contributed by atoms with E-state index < -0.39 is 0 Å². The molecule has 6 atom stereocenters. The minimum Gasteiger partial charge on any atom is -0.457 e. The molecule has 0 N–H and O–H groups in total. The number of hydrogen-bond donors (Lipinski definition) is 0. The number of rotatable bonds is 4. The molecule has 2 amide bonds. The molecule has 4 heteroatoms. The maximum absolute atomic E-state index is 13.3. The Kier molecular flexibility index (Phi) is 3.99. The predicted molar refractivity (Wildman–Crippen MR) is 119 cm³/mol. The van der Waals surface area contributed by atoms with Crippen LogP contribution in [0.2, 0.25) is 0 Å². The number of anilines is 1. The summed E-state index contributed by atoms with van der Waals surface area (Å²) in [5.41, 5.74) is 2.96. The van der Waals surface area contributed by atoms with Crippen LogP contribution >= 0.6 is 0 Å². The van der Waals surface area contributed by atoms with Crippen molar-refractivity contribution >= 4 is 17.5 Å². The normalized spacial score (nSPS) is 32.5. The number of hydrogen-bond acceptors (Lipinski definition) is 3. The summed E-state index contributed by atoms with van der Waals surface area (Å²) in [6, 6.07) is 13.6. The van der Waals surface area contributed by atoms with Crippen LogP contribution in [0.1, 0.15) is 37.3 Å². The summed E-state index contributed by atoms with van der Waals surface area (Å²) in [6.07, 6.45) is 5.60. The molecule has 1 saturated heterocycles. The van der Waals surface area contributed by atoms with E-state index >= 15 is 0 Å². The van der Waals surface area contributed by atoms with E-state index in [9.17, 15) is 9.59 Å². The zero-order valence-corrected chi connectivity index (χ0v) is 18.1. The van der Waals surface area contributed by atoms with Crippen LogP contribution in [0.3, 0.4) is 0 Å². The van der Waals surface area contributed by atoms with Crippen LogP contribution in [0, 0.1) is 42.4 Å². The highest BCUT2D eigenvalue weighted by Crippen LogP contribution is 2.65. The number of carbonyl (C=O) groups excluding carboxylic acids is 2. The Labute approximate surface area is 182 Å². The summed E-state index contributed by atoms with van der Waals surface area (Å²) in [6.45, 7) is 6.35. The van der Waals surface area contributed by atoms with Gasteiger partial charge < -0.3 is 4.74 Å². The van der Waals surface area contributed by atoms with E-state index in [0.717, 1.165) is 16.9 Å². The molecule has 0 spiro atoms. The van der Waals surface area contributed by atoms with Crippen molar-refractivity contribution in [2.45, 2.75) is 33.1 Å². The molecule has 0 aromatic heterocycles. The summed E-state index contributed by atoms with van der Waals surface area (Å²) in [4.78, 5) is 28.0. The highest BCUT2D eigenvalue weighted by atomic mass is 16.5. The zero-order chi connectivity index (χ0) is 21.4. The molecule has 3 fully saturated rings. The molecule has 2 bridgehead atoms. The zero-order valence-electron chi connectivity index (χ0n) is 18.1. The molecule has 158 valence electrons. The number of benzene rings is 2. The van der Waals surface area contributed by atoms with Crippen molar-refractivity contribution in [1.82, 2.24) is 0 Å². The van der Waals surface area contributed by atoms with E-state index in [-0.39, 0.29) is 35.5 Å². The minimum atomic E-state index is -0.164. The number of ether oxygens (including phenoxy) is 1. The van der Waals surface area contributed by atoms with Gasteiger partial charge in [0.25, 0.3) is 0 Å². The molecule has 0 unspecified atom stereocenters. The van der Waals surface area contributed by atoms with E-state index in [1.807, 2.05) is 24.3 Å². The largest absolute Gasteiger partial charge is 0.457 e. The second-order valence-corrected chi connectivity index (χ2v) is 9.96. The van der Waals surface area contributed by atoms with Crippen LogP contribution in [0.4, 0.5) is 5.69 Å². The lowest BCUT2D eigenvalue weighted by Gasteiger charge is -2.37. The highest BCUT2D eigenvalue weighted by Gasteiger charge is 2.67. The number of allylic oxidation sites excluding steroid dienone is 2. The Morgan fingerprint density at radius 2 is 1.52 bits per heavy atom. The molecular weight excluding hydrogens is 386 g/mol. The lowest BCUT2D eigenvalue weighted by Crippen LogP contribution is -2.40. The summed E-state index contributed by atoms with van der Waals surface area (Å²) < 4.78 is 6.18. The van der Waals surface area contributed by atoms with Crippen LogP contribution < -0.4 is 9.64 Å². The van der Waals surface area contributed by atoms with Gasteiger partial charge in [-0.1, -0.05) is 38.1 Å². The number of amides is 2. The third-order valence-corrected chi connectivity index (χ3v) is 7.78. The van der Waals surface area contributed by atoms with Crippen molar-refractivity contribution in [2.24, 2.45) is 35.5 Å². The molecular formula is C27H27NO3. The molecule has 2 aromatic rings. The van der Waals surface area contributed by atoms with Crippen molar-refractivity contribution in [3.8, 4) is 11.5 Å². The van der Waals surface area contributed by atoms with Gasteiger partial charge in [0.05, 0.1) is 17.5 Å². The topological polar surface area (TPSA) is 46.6 Å². The fourth-order valence-corrected chi connectivity index (χ4v) is 6.21. The standard InChI is InChI=1S/C27H27NO3/c1-14(2)18-9-4-15(3)12-23(18)31-17-7-5-16(6-8-17)28-26(29)24-19-10-11-20(22-13-21(19)22)25(24)27(28)30/h4-12,14,19-22,24-25H,13H2,1-3H3/t19-,20-,21-,22+,24+,25-/m1/s1. The molecule has 1 heterocycles. The number of aryl methyl sites for hydroxylation is 1. The van der Waals surface area contributed by atoms with Gasteiger partial charge in [-0.15, -0.1) is 0 Å². The third kappa shape index (κ3) is 2.73. The van der Waals surface area contributed by atoms with E-state index in [0.29, 0.717) is 29.2 Å². The molecule has 0 radical (unpaired) electrons. The Bertz CT molecular complexity index is 1080. The van der Waals surface area contributed by atoms with Gasteiger partial charge in [-0.25, -0.2) is 0 Å². The van der Waals surface area contributed by atoms with Crippen LogP contribution in [-0.2, 0) is 9.59 Å². The van der Waals surface area contributed by atoms with Crippen molar-refractivity contribution in [3.05, 3.63) is 65.7 Å². The number of imide groups is 1. The first kappa shape index (κ1) is 18.9. The van der Waals surface area contributed by atoms with Gasteiger partial charge in [-0.05, 0) is 84.4 Å². The number of carbonyl (C=O) groups is 2. The fourth-order valence-electron chi connectivity index (χ4n) is 6.21. The quantitative estimate of drug-likeness (QED) is 0.493. The summed E-state index contributed by atoms with van der Waals surface area (Å²) in [7, 11) is 0. The predicted octanol–water partition coefficient (Wildman–Crippen LogP) is 5.47. The Balaban J connectivity index is 1.26. The average molecular weight is 414 g/mol. The summed E-state index contributed by atoms with van der Waals surface area (Å²) in [5.74, 6) is 3.28. The van der Waals surface area contributed by atoms with Crippen LogP contribution in [0.25, 0.3) is 0 Å². The van der Waals surface area contributed by atoms with E-state index in [1.165, 1.54) is 11.3 Å². The van der Waals surface area contributed by atoms with E-state index in [1.54, 1.807) is 0 Å². The van der Waals surface area contributed by atoms with E-state index in [2.05, 4.69) is 51.1 Å². The maximum atomic E-state index is 13.3. The Morgan fingerprint density at radius 1 is 0.903 bits per heavy atom. The first-order valence-corrected chi connectivity index (χ1v) is 11.4. The SMILES string of the molecule is Cc1ccc(C(C)C)c(Oc2ccc(N3C(=O)[C@@H]4[C@@H]5C=C[C@H]([C@H]6C[C@@H]56)[C@@H]4C3=O)cc2)c1. The monoisotopic (exact) mass is 413 g/mol. The molecule has 2 saturated carbocycles. The van der Waals surface area contributed by atoms with Gasteiger partial charge in [0.15, 0.2) is 0 Å². The maximum Gasteiger partial charge on any atom is 0.238 e. The van der Waals surface area contributed by atoms with Crippen molar-refractivity contribution in [1.29, 1.82) is 0 Å². The average Bonchev–Trinajstić information content (AvgIpc) is 3.52. The second-order valence-electron chi connectivity index (χ2n) is 9.96. The molecule has 5 aliphatic rings. The molecule has 2 aromatic carbocycles. The van der Waals surface area contributed by atoms with Gasteiger partial charge >= 0.3 is 0 Å². The lowest BCUT2D eigenvalue weighted by molar-refractivity contribution is -0.124. The van der Waals surface area contributed by atoms with Crippen molar-refractivity contribution < 1.29 is 14.3 Å².